The molecule has 8 aromatic rings. The maximum atomic E-state index is 7.38. The van der Waals surface area contributed by atoms with Crippen LogP contribution in [-0.4, -0.2) is 0 Å². The third-order valence-corrected chi connectivity index (χ3v) is 12.0. The summed E-state index contributed by atoms with van der Waals surface area (Å²) in [4.78, 5) is 2.40. The summed E-state index contributed by atoms with van der Waals surface area (Å²) in [7, 11) is 0. The van der Waals surface area contributed by atoms with Gasteiger partial charge in [-0.1, -0.05) is 159 Å². The first-order valence-electron chi connectivity index (χ1n) is 18.8. The molecule has 0 saturated heterocycles. The minimum absolute atomic E-state index is 0.115. The first kappa shape index (κ1) is 30.9. The van der Waals surface area contributed by atoms with E-state index in [1.807, 2.05) is 0 Å². The number of fused-ring (bicyclic) bond motifs is 12. The van der Waals surface area contributed by atoms with Gasteiger partial charge >= 0.3 is 0 Å². The van der Waals surface area contributed by atoms with Crippen molar-refractivity contribution < 1.29 is 4.74 Å². The molecule has 0 N–H and O–H groups in total. The third-order valence-electron chi connectivity index (χ3n) is 12.0. The van der Waals surface area contributed by atoms with Crippen LogP contribution in [0.3, 0.4) is 0 Å². The highest BCUT2D eigenvalue weighted by Crippen LogP contribution is 2.59. The van der Waals surface area contributed by atoms with E-state index in [1.165, 1.54) is 66.8 Å². The number of benzene rings is 8. The summed E-state index contributed by atoms with van der Waals surface area (Å²) in [5.41, 5.74) is 18.5. The second-order valence-electron chi connectivity index (χ2n) is 15.2. The Balaban J connectivity index is 1.09. The van der Waals surface area contributed by atoms with E-state index in [-0.39, 0.29) is 5.41 Å². The van der Waals surface area contributed by atoms with Gasteiger partial charge in [0.2, 0.25) is 0 Å². The van der Waals surface area contributed by atoms with Crippen molar-refractivity contribution in [2.75, 3.05) is 4.90 Å². The molecule has 2 heteroatoms. The number of rotatable bonds is 4. The maximum Gasteiger partial charge on any atom is 0.186 e. The quantitative estimate of drug-likeness (QED) is 0.182. The van der Waals surface area contributed by atoms with E-state index in [0.717, 1.165) is 28.4 Å². The Labute approximate surface area is 316 Å². The first-order valence-corrected chi connectivity index (χ1v) is 18.8. The van der Waals surface area contributed by atoms with Crippen LogP contribution in [0.25, 0.3) is 44.5 Å². The van der Waals surface area contributed by atoms with Gasteiger partial charge in [0.25, 0.3) is 0 Å². The molecule has 2 aliphatic carbocycles. The second-order valence-corrected chi connectivity index (χ2v) is 15.2. The van der Waals surface area contributed by atoms with Crippen LogP contribution in [-0.2, 0) is 11.0 Å². The van der Waals surface area contributed by atoms with E-state index in [2.05, 4.69) is 207 Å². The number of ether oxygens (including phenoxy) is 1. The monoisotopic (exact) mass is 691 g/mol. The predicted octanol–water partition coefficient (Wildman–Crippen LogP) is 13.5. The molecular weight excluding hydrogens is 655 g/mol. The molecule has 0 atom stereocenters. The normalized spacial score (nSPS) is 14.6. The zero-order valence-corrected chi connectivity index (χ0v) is 30.3. The number of hydrogen-bond donors (Lipinski definition) is 0. The van der Waals surface area contributed by atoms with Gasteiger partial charge in [0.05, 0.1) is 0 Å². The van der Waals surface area contributed by atoms with Crippen LogP contribution >= 0.6 is 0 Å². The summed E-state index contributed by atoms with van der Waals surface area (Å²) in [5, 5.41) is 0. The largest absolute Gasteiger partial charge is 0.472 e. The summed E-state index contributed by atoms with van der Waals surface area (Å²) in [5.74, 6) is 0.883. The average Bonchev–Trinajstić information content (AvgIpc) is 3.64. The Hall–Kier alpha value is -6.64. The van der Waals surface area contributed by atoms with Crippen molar-refractivity contribution in [3.63, 3.8) is 0 Å². The van der Waals surface area contributed by atoms with Crippen molar-refractivity contribution in [2.24, 2.45) is 0 Å². The van der Waals surface area contributed by atoms with Gasteiger partial charge in [0.1, 0.15) is 5.75 Å². The van der Waals surface area contributed by atoms with Crippen molar-refractivity contribution in [1.29, 1.82) is 0 Å². The van der Waals surface area contributed by atoms with Gasteiger partial charge in [-0.05, 0) is 92.5 Å². The smallest absolute Gasteiger partial charge is 0.186 e. The topological polar surface area (TPSA) is 12.5 Å². The molecule has 2 nitrogen and oxygen atoms in total. The average molecular weight is 692 g/mol. The SMILES string of the molecule is CC1(C)c2ccccc2-c2ccc(N(c3ccc(-c4ccccc4)cc3)c3ccc4c(c3)-c3ccccc3C3(O4)c4ccccc4-c4ccccc43)cc21. The number of hydrogen-bond acceptors (Lipinski definition) is 2. The molecule has 256 valence electrons. The van der Waals surface area contributed by atoms with E-state index >= 15 is 0 Å². The summed E-state index contributed by atoms with van der Waals surface area (Å²) in [6.45, 7) is 4.70. The van der Waals surface area contributed by atoms with Gasteiger partial charge < -0.3 is 9.64 Å². The zero-order chi connectivity index (χ0) is 36.0. The van der Waals surface area contributed by atoms with Crippen LogP contribution in [0.5, 0.6) is 5.75 Å². The molecule has 3 aliphatic rings. The molecule has 1 spiro atoms. The molecule has 0 radical (unpaired) electrons. The van der Waals surface area contributed by atoms with Crippen molar-refractivity contribution in [3.8, 4) is 50.3 Å². The first-order chi connectivity index (χ1) is 26.5. The van der Waals surface area contributed by atoms with E-state index in [4.69, 9.17) is 4.74 Å². The predicted molar refractivity (Wildman–Crippen MR) is 222 cm³/mol. The van der Waals surface area contributed by atoms with Gasteiger partial charge in [0, 0.05) is 44.7 Å². The Morgan fingerprint density at radius 2 is 0.796 bits per heavy atom. The van der Waals surface area contributed by atoms with Gasteiger partial charge in [-0.2, -0.15) is 0 Å². The van der Waals surface area contributed by atoms with Crippen LogP contribution in [0.15, 0.2) is 188 Å². The molecule has 0 aromatic heterocycles. The van der Waals surface area contributed by atoms with Crippen LogP contribution in [0.2, 0.25) is 0 Å². The van der Waals surface area contributed by atoms with E-state index < -0.39 is 5.60 Å². The molecule has 0 unspecified atom stereocenters. The van der Waals surface area contributed by atoms with Gasteiger partial charge in [0.15, 0.2) is 5.60 Å². The van der Waals surface area contributed by atoms with Crippen molar-refractivity contribution in [2.45, 2.75) is 24.9 Å². The summed E-state index contributed by atoms with van der Waals surface area (Å²) < 4.78 is 7.38. The Morgan fingerprint density at radius 1 is 0.352 bits per heavy atom. The molecule has 0 amide bonds. The minimum atomic E-state index is -0.730. The van der Waals surface area contributed by atoms with Crippen LogP contribution in [0.4, 0.5) is 17.1 Å². The Morgan fingerprint density at radius 3 is 1.43 bits per heavy atom. The Bertz CT molecular complexity index is 2730. The Kier molecular flexibility index (Phi) is 6.55. The molecule has 1 aliphatic heterocycles. The number of nitrogens with zero attached hydrogens (tertiary/aromatic N) is 1. The fourth-order valence-corrected chi connectivity index (χ4v) is 9.51. The molecule has 0 saturated carbocycles. The summed E-state index contributed by atoms with van der Waals surface area (Å²) in [6, 6.07) is 68.4. The highest BCUT2D eigenvalue weighted by molar-refractivity contribution is 5.91. The highest BCUT2D eigenvalue weighted by Gasteiger charge is 2.50. The second kappa shape index (κ2) is 11.4. The lowest BCUT2D eigenvalue weighted by molar-refractivity contribution is 0.157. The standard InChI is InChI=1S/C52H37NO/c1-51(2)45-20-10-6-16-39(45)43-30-28-38(33-49(43)51)53(36-26-24-35(25-27-36)34-14-4-3-5-15-34)37-29-31-50-44(32-37)42-19-9-13-23-48(42)52(54-50)46-21-11-7-17-40(46)41-18-8-12-22-47(41)52/h3-33H,1-2H3. The highest BCUT2D eigenvalue weighted by atomic mass is 16.5. The number of anilines is 3. The van der Waals surface area contributed by atoms with Crippen LogP contribution in [0, 0.1) is 0 Å². The lowest BCUT2D eigenvalue weighted by Crippen LogP contribution is -2.36. The fourth-order valence-electron chi connectivity index (χ4n) is 9.51. The molecule has 0 fully saturated rings. The lowest BCUT2D eigenvalue weighted by Gasteiger charge is -2.40. The summed E-state index contributed by atoms with van der Waals surface area (Å²) in [6.07, 6.45) is 0. The van der Waals surface area contributed by atoms with Crippen LogP contribution < -0.4 is 9.64 Å². The fraction of sp³-hybridized carbons (Fsp3) is 0.0769. The molecular formula is C52H37NO. The minimum Gasteiger partial charge on any atom is -0.472 e. The van der Waals surface area contributed by atoms with Gasteiger partial charge in [-0.25, -0.2) is 0 Å². The summed E-state index contributed by atoms with van der Waals surface area (Å²) >= 11 is 0. The van der Waals surface area contributed by atoms with Gasteiger partial charge in [-0.3, -0.25) is 0 Å². The zero-order valence-electron chi connectivity index (χ0n) is 30.3. The lowest BCUT2D eigenvalue weighted by atomic mass is 9.78. The third kappa shape index (κ3) is 4.28. The molecule has 1 heterocycles. The van der Waals surface area contributed by atoms with Crippen molar-refractivity contribution >= 4 is 17.1 Å². The van der Waals surface area contributed by atoms with E-state index in [0.29, 0.717) is 0 Å². The maximum absolute atomic E-state index is 7.38. The van der Waals surface area contributed by atoms with Crippen LogP contribution in [0.1, 0.15) is 41.7 Å². The van der Waals surface area contributed by atoms with E-state index in [1.54, 1.807) is 0 Å². The molecule has 8 aromatic carbocycles. The van der Waals surface area contributed by atoms with Crippen molar-refractivity contribution in [1.82, 2.24) is 0 Å². The molecule has 0 bridgehead atoms. The molecule has 54 heavy (non-hydrogen) atoms. The molecule has 11 rings (SSSR count). The van der Waals surface area contributed by atoms with E-state index in [9.17, 15) is 0 Å². The van der Waals surface area contributed by atoms with Gasteiger partial charge in [-0.15, -0.1) is 0 Å². The van der Waals surface area contributed by atoms with Crippen molar-refractivity contribution in [3.05, 3.63) is 216 Å².